The van der Waals surface area contributed by atoms with Gasteiger partial charge in [-0.2, -0.15) is 0 Å². The lowest BCUT2D eigenvalue weighted by atomic mass is 9.83. The van der Waals surface area contributed by atoms with Crippen LogP contribution in [0, 0.1) is 0 Å². The highest BCUT2D eigenvalue weighted by Gasteiger charge is 2.54. The molecule has 0 heterocycles. The molecular weight excluding hydrogens is 216 g/mol. The molecule has 92 valence electrons. The molecule has 0 amide bonds. The molecule has 0 bridgehead atoms. The van der Waals surface area contributed by atoms with E-state index >= 15 is 0 Å². The Bertz CT molecular complexity index is 433. The highest BCUT2D eigenvalue weighted by atomic mass is 16.4. The van der Waals surface area contributed by atoms with Crippen LogP contribution in [-0.4, -0.2) is 22.3 Å². The second-order valence-electron chi connectivity index (χ2n) is 5.14. The summed E-state index contributed by atoms with van der Waals surface area (Å²) in [4.78, 5) is 11.0. The summed E-state index contributed by atoms with van der Waals surface area (Å²) in [5, 5.41) is 18.9. The normalized spacial score (nSPS) is 19.1. The molecule has 1 aromatic carbocycles. The van der Waals surface area contributed by atoms with Crippen molar-refractivity contribution in [2.45, 2.75) is 44.1 Å². The van der Waals surface area contributed by atoms with E-state index in [2.05, 4.69) is 13.8 Å². The van der Waals surface area contributed by atoms with Gasteiger partial charge in [0.05, 0.1) is 0 Å². The largest absolute Gasteiger partial charge is 0.479 e. The molecule has 0 aliphatic heterocycles. The van der Waals surface area contributed by atoms with Gasteiger partial charge in [0.15, 0.2) is 6.10 Å². The van der Waals surface area contributed by atoms with E-state index in [9.17, 15) is 9.90 Å². The fourth-order valence-corrected chi connectivity index (χ4v) is 2.51. The lowest BCUT2D eigenvalue weighted by Crippen LogP contribution is -2.34. The molecule has 1 saturated carbocycles. The summed E-state index contributed by atoms with van der Waals surface area (Å²) >= 11 is 0. The maximum Gasteiger partial charge on any atom is 0.333 e. The van der Waals surface area contributed by atoms with E-state index < -0.39 is 17.5 Å². The quantitative estimate of drug-likeness (QED) is 0.840. The third kappa shape index (κ3) is 1.95. The number of aliphatic carboxylic acids is 1. The van der Waals surface area contributed by atoms with Crippen molar-refractivity contribution in [3.05, 3.63) is 35.4 Å². The zero-order valence-corrected chi connectivity index (χ0v) is 10.2. The molecule has 3 heteroatoms. The lowest BCUT2D eigenvalue weighted by molar-refractivity contribution is -0.148. The summed E-state index contributed by atoms with van der Waals surface area (Å²) in [6, 6.07) is 7.85. The van der Waals surface area contributed by atoms with E-state index in [-0.39, 0.29) is 0 Å². The van der Waals surface area contributed by atoms with Gasteiger partial charge in [0, 0.05) is 5.41 Å². The Morgan fingerprint density at radius 1 is 1.29 bits per heavy atom. The highest BCUT2D eigenvalue weighted by molar-refractivity contribution is 5.76. The van der Waals surface area contributed by atoms with Crippen molar-refractivity contribution in [2.75, 3.05) is 0 Å². The van der Waals surface area contributed by atoms with Crippen molar-refractivity contribution in [3.63, 3.8) is 0 Å². The van der Waals surface area contributed by atoms with Crippen molar-refractivity contribution in [1.29, 1.82) is 0 Å². The minimum Gasteiger partial charge on any atom is -0.479 e. The third-order valence-corrected chi connectivity index (χ3v) is 3.67. The van der Waals surface area contributed by atoms with Gasteiger partial charge in [-0.15, -0.1) is 0 Å². The van der Waals surface area contributed by atoms with Gasteiger partial charge >= 0.3 is 5.97 Å². The molecule has 1 atom stereocenters. The third-order valence-electron chi connectivity index (χ3n) is 3.67. The van der Waals surface area contributed by atoms with Gasteiger partial charge in [-0.05, 0) is 29.9 Å². The average Bonchev–Trinajstić information content (AvgIpc) is 3.09. The molecule has 1 fully saturated rings. The molecule has 1 unspecified atom stereocenters. The van der Waals surface area contributed by atoms with Crippen LogP contribution in [0.5, 0.6) is 0 Å². The summed E-state index contributed by atoms with van der Waals surface area (Å²) in [5.41, 5.74) is 1.60. The Kier molecular flexibility index (Phi) is 2.96. The second kappa shape index (κ2) is 4.15. The second-order valence-corrected chi connectivity index (χ2v) is 5.14. The number of carboxylic acids is 1. The maximum absolute atomic E-state index is 11.0. The fraction of sp³-hybridized carbons (Fsp3) is 0.500. The van der Waals surface area contributed by atoms with Crippen molar-refractivity contribution < 1.29 is 15.0 Å². The number of carbonyl (C=O) groups is 1. The van der Waals surface area contributed by atoms with Gasteiger partial charge in [-0.1, -0.05) is 38.1 Å². The van der Waals surface area contributed by atoms with Gasteiger partial charge in [-0.3, -0.25) is 0 Å². The van der Waals surface area contributed by atoms with Crippen LogP contribution < -0.4 is 0 Å². The molecule has 0 spiro atoms. The van der Waals surface area contributed by atoms with Gasteiger partial charge in [0.2, 0.25) is 0 Å². The summed E-state index contributed by atoms with van der Waals surface area (Å²) in [6.07, 6.45) is 0.219. The minimum absolute atomic E-state index is 0.338. The van der Waals surface area contributed by atoms with Crippen LogP contribution >= 0.6 is 0 Å². The fourth-order valence-electron chi connectivity index (χ4n) is 2.51. The van der Waals surface area contributed by atoms with E-state index in [0.717, 1.165) is 24.0 Å². The van der Waals surface area contributed by atoms with Crippen molar-refractivity contribution >= 4 is 5.97 Å². The van der Waals surface area contributed by atoms with Crippen LogP contribution in [0.1, 0.15) is 43.7 Å². The van der Waals surface area contributed by atoms with E-state index in [1.165, 1.54) is 0 Å². The molecule has 1 aliphatic carbocycles. The van der Waals surface area contributed by atoms with Crippen LogP contribution in [0.4, 0.5) is 0 Å². The lowest BCUT2D eigenvalue weighted by Gasteiger charge is -2.23. The SMILES string of the molecule is CC(C)c1ccccc1C1(C(O)C(=O)O)CC1. The number of hydrogen-bond acceptors (Lipinski definition) is 2. The molecule has 0 radical (unpaired) electrons. The molecule has 2 N–H and O–H groups in total. The predicted octanol–water partition coefficient (Wildman–Crippen LogP) is 2.29. The first-order chi connectivity index (χ1) is 7.99. The average molecular weight is 234 g/mol. The summed E-state index contributed by atoms with van der Waals surface area (Å²) in [6.45, 7) is 4.17. The summed E-state index contributed by atoms with van der Waals surface area (Å²) in [7, 11) is 0. The highest BCUT2D eigenvalue weighted by Crippen LogP contribution is 2.53. The molecule has 3 nitrogen and oxygen atoms in total. The molecule has 17 heavy (non-hydrogen) atoms. The minimum atomic E-state index is -1.29. The summed E-state index contributed by atoms with van der Waals surface area (Å²) in [5.74, 6) is -0.786. The van der Waals surface area contributed by atoms with E-state index in [1.807, 2.05) is 24.3 Å². The zero-order valence-electron chi connectivity index (χ0n) is 10.2. The van der Waals surface area contributed by atoms with Gasteiger partial charge < -0.3 is 10.2 Å². The van der Waals surface area contributed by atoms with E-state index in [0.29, 0.717) is 5.92 Å². The van der Waals surface area contributed by atoms with Crippen LogP contribution in [0.25, 0.3) is 0 Å². The standard InChI is InChI=1S/C14H18O3/c1-9(2)10-5-3-4-6-11(10)14(7-8-14)12(15)13(16)17/h3-6,9,12,15H,7-8H2,1-2H3,(H,16,17). The van der Waals surface area contributed by atoms with E-state index in [4.69, 9.17) is 5.11 Å². The zero-order chi connectivity index (χ0) is 12.6. The molecular formula is C14H18O3. The van der Waals surface area contributed by atoms with Crippen LogP contribution in [0.15, 0.2) is 24.3 Å². The van der Waals surface area contributed by atoms with Crippen LogP contribution in [0.3, 0.4) is 0 Å². The number of rotatable bonds is 4. The number of benzene rings is 1. The topological polar surface area (TPSA) is 57.5 Å². The summed E-state index contributed by atoms with van der Waals surface area (Å²) < 4.78 is 0. The smallest absolute Gasteiger partial charge is 0.333 e. The Morgan fingerprint density at radius 3 is 2.35 bits per heavy atom. The first-order valence-corrected chi connectivity index (χ1v) is 5.99. The van der Waals surface area contributed by atoms with Crippen molar-refractivity contribution in [1.82, 2.24) is 0 Å². The number of aliphatic hydroxyl groups excluding tert-OH is 1. The Morgan fingerprint density at radius 2 is 1.88 bits per heavy atom. The number of carboxylic acid groups (broad SMARTS) is 1. The number of hydrogen-bond donors (Lipinski definition) is 2. The molecule has 2 rings (SSSR count). The van der Waals surface area contributed by atoms with E-state index in [1.54, 1.807) is 0 Å². The van der Waals surface area contributed by atoms with Crippen LogP contribution in [0.2, 0.25) is 0 Å². The Hall–Kier alpha value is -1.35. The maximum atomic E-state index is 11.0. The van der Waals surface area contributed by atoms with Gasteiger partial charge in [0.1, 0.15) is 0 Å². The first-order valence-electron chi connectivity index (χ1n) is 5.99. The monoisotopic (exact) mass is 234 g/mol. The molecule has 0 aromatic heterocycles. The first kappa shape index (κ1) is 12.1. The van der Waals surface area contributed by atoms with Crippen molar-refractivity contribution in [2.24, 2.45) is 0 Å². The van der Waals surface area contributed by atoms with Gasteiger partial charge in [-0.25, -0.2) is 4.79 Å². The Balaban J connectivity index is 2.44. The molecule has 0 saturated heterocycles. The van der Waals surface area contributed by atoms with Gasteiger partial charge in [0.25, 0.3) is 0 Å². The number of aliphatic hydroxyl groups is 1. The molecule has 1 aliphatic rings. The molecule has 1 aromatic rings. The van der Waals surface area contributed by atoms with Crippen molar-refractivity contribution in [3.8, 4) is 0 Å². The van der Waals surface area contributed by atoms with Crippen LogP contribution in [-0.2, 0) is 10.2 Å². The Labute approximate surface area is 101 Å². The predicted molar refractivity (Wildman–Crippen MR) is 65.1 cm³/mol.